The molecule has 98 valence electrons. The molecular weight excluding hydrogens is 222 g/mol. The fraction of sp³-hybridized carbons (Fsp3) is 0.438. The van der Waals surface area contributed by atoms with Gasteiger partial charge in [-0.2, -0.15) is 0 Å². The fourth-order valence-electron chi connectivity index (χ4n) is 2.06. The van der Waals surface area contributed by atoms with Crippen LogP contribution in [-0.4, -0.2) is 23.9 Å². The van der Waals surface area contributed by atoms with E-state index >= 15 is 0 Å². The highest BCUT2D eigenvalue weighted by molar-refractivity contribution is 5.92. The van der Waals surface area contributed by atoms with Gasteiger partial charge in [0.25, 0.3) is 0 Å². The minimum atomic E-state index is 0.141. The molecule has 0 aliphatic rings. The molecule has 0 radical (unpaired) electrons. The van der Waals surface area contributed by atoms with Crippen LogP contribution in [0.5, 0.6) is 0 Å². The summed E-state index contributed by atoms with van der Waals surface area (Å²) < 4.78 is 0. The maximum Gasteiger partial charge on any atom is 0.249 e. The molecule has 0 N–H and O–H groups in total. The first-order chi connectivity index (χ1) is 8.60. The Labute approximate surface area is 110 Å². The number of hydrogen-bond acceptors (Lipinski definition) is 1. The van der Waals surface area contributed by atoms with Crippen LogP contribution in [0.2, 0.25) is 0 Å². The molecule has 1 amide bonds. The van der Waals surface area contributed by atoms with Crippen molar-refractivity contribution in [2.75, 3.05) is 13.1 Å². The van der Waals surface area contributed by atoms with E-state index in [-0.39, 0.29) is 11.8 Å². The number of carbonyl (C=O) groups excluding carboxylic acids is 1. The largest absolute Gasteiger partial charge is 0.340 e. The Hall–Kier alpha value is -1.57. The quantitative estimate of drug-likeness (QED) is 0.726. The highest BCUT2D eigenvalue weighted by Gasteiger charge is 2.12. The summed E-state index contributed by atoms with van der Waals surface area (Å²) in [6, 6.07) is 10.3. The zero-order valence-corrected chi connectivity index (χ0v) is 11.8. The summed E-state index contributed by atoms with van der Waals surface area (Å²) in [4.78, 5) is 14.0. The maximum atomic E-state index is 12.1. The Morgan fingerprint density at radius 3 is 2.28 bits per heavy atom. The number of carbonyl (C=O) groups is 1. The minimum absolute atomic E-state index is 0.141. The van der Waals surface area contributed by atoms with E-state index in [1.54, 1.807) is 0 Å². The molecule has 0 bridgehead atoms. The normalized spacial score (nSPS) is 13.2. The van der Waals surface area contributed by atoms with Gasteiger partial charge < -0.3 is 4.90 Å². The first-order valence-corrected chi connectivity index (χ1v) is 6.62. The van der Waals surface area contributed by atoms with Crippen LogP contribution < -0.4 is 0 Å². The van der Waals surface area contributed by atoms with E-state index in [9.17, 15) is 4.79 Å². The van der Waals surface area contributed by atoms with Crippen molar-refractivity contribution in [3.63, 3.8) is 0 Å². The average Bonchev–Trinajstić information content (AvgIpc) is 2.40. The van der Waals surface area contributed by atoms with E-state index in [1.165, 1.54) is 5.56 Å². The van der Waals surface area contributed by atoms with E-state index < -0.39 is 0 Å². The van der Waals surface area contributed by atoms with Crippen LogP contribution in [0.3, 0.4) is 0 Å². The van der Waals surface area contributed by atoms with Gasteiger partial charge in [0.1, 0.15) is 0 Å². The van der Waals surface area contributed by atoms with Crippen molar-refractivity contribution >= 4 is 5.91 Å². The molecule has 0 aliphatic carbocycles. The van der Waals surface area contributed by atoms with Crippen LogP contribution in [0.1, 0.15) is 39.2 Å². The molecule has 18 heavy (non-hydrogen) atoms. The van der Waals surface area contributed by atoms with Crippen molar-refractivity contribution in [3.8, 4) is 0 Å². The molecule has 1 aromatic rings. The molecule has 1 unspecified atom stereocenters. The second-order valence-corrected chi connectivity index (χ2v) is 4.53. The number of likely N-dealkylation sites (N-methyl/N-ethyl adjacent to an activating group) is 1. The molecule has 0 saturated carbocycles. The van der Waals surface area contributed by atoms with Crippen molar-refractivity contribution in [1.82, 2.24) is 4.90 Å². The summed E-state index contributed by atoms with van der Waals surface area (Å²) in [5.41, 5.74) is 2.07. The lowest BCUT2D eigenvalue weighted by Gasteiger charge is -2.19. The third-order valence-corrected chi connectivity index (χ3v) is 3.21. The summed E-state index contributed by atoms with van der Waals surface area (Å²) in [6.07, 6.45) is 2.05. The van der Waals surface area contributed by atoms with E-state index in [4.69, 9.17) is 0 Å². The Bertz CT molecular complexity index is 404. The highest BCUT2D eigenvalue weighted by atomic mass is 16.2. The van der Waals surface area contributed by atoms with Gasteiger partial charge in [0.15, 0.2) is 0 Å². The molecule has 1 rings (SSSR count). The number of rotatable bonds is 5. The Kier molecular flexibility index (Phi) is 5.63. The number of amides is 1. The lowest BCUT2D eigenvalue weighted by atomic mass is 9.98. The summed E-state index contributed by atoms with van der Waals surface area (Å²) in [7, 11) is 0. The van der Waals surface area contributed by atoms with Crippen LogP contribution in [0.15, 0.2) is 42.0 Å². The van der Waals surface area contributed by atoms with E-state index in [0.29, 0.717) is 0 Å². The van der Waals surface area contributed by atoms with Gasteiger partial charge in [0.05, 0.1) is 0 Å². The van der Waals surface area contributed by atoms with Gasteiger partial charge in [-0.05, 0) is 32.3 Å². The number of hydrogen-bond donors (Lipinski definition) is 0. The monoisotopic (exact) mass is 245 g/mol. The molecule has 2 nitrogen and oxygen atoms in total. The zero-order chi connectivity index (χ0) is 13.5. The van der Waals surface area contributed by atoms with Gasteiger partial charge in [-0.15, -0.1) is 0 Å². The van der Waals surface area contributed by atoms with Gasteiger partial charge in [-0.1, -0.05) is 43.3 Å². The third-order valence-electron chi connectivity index (χ3n) is 3.21. The Balaban J connectivity index is 2.80. The summed E-state index contributed by atoms with van der Waals surface area (Å²) in [6.45, 7) is 9.57. The third kappa shape index (κ3) is 3.73. The maximum absolute atomic E-state index is 12.1. The average molecular weight is 245 g/mol. The molecule has 2 heteroatoms. The predicted octanol–water partition coefficient (Wildman–Crippen LogP) is 3.60. The van der Waals surface area contributed by atoms with E-state index in [2.05, 4.69) is 25.1 Å². The number of allylic oxidation sites excluding steroid dienone is 1. The molecular formula is C16H23NO. The van der Waals surface area contributed by atoms with Crippen molar-refractivity contribution < 1.29 is 4.79 Å². The SMILES string of the molecule is CCN(CC)C(=O)/C(C)=C/C(C)c1ccccc1. The standard InChI is InChI=1S/C16H23NO/c1-5-17(6-2)16(18)14(4)12-13(3)15-10-8-7-9-11-15/h7-13H,5-6H2,1-4H3/b14-12+. The molecule has 0 spiro atoms. The minimum Gasteiger partial charge on any atom is -0.340 e. The number of benzene rings is 1. The van der Waals surface area contributed by atoms with Gasteiger partial charge in [0, 0.05) is 18.7 Å². The van der Waals surface area contributed by atoms with Crippen molar-refractivity contribution in [2.45, 2.75) is 33.6 Å². The molecule has 0 fully saturated rings. The first kappa shape index (κ1) is 14.5. The smallest absolute Gasteiger partial charge is 0.249 e. The first-order valence-electron chi connectivity index (χ1n) is 6.62. The van der Waals surface area contributed by atoms with Crippen molar-refractivity contribution in [3.05, 3.63) is 47.5 Å². The topological polar surface area (TPSA) is 20.3 Å². The molecule has 1 atom stereocenters. The lowest BCUT2D eigenvalue weighted by Crippen LogP contribution is -2.31. The second-order valence-electron chi connectivity index (χ2n) is 4.53. The van der Waals surface area contributed by atoms with E-state index in [0.717, 1.165) is 18.7 Å². The predicted molar refractivity (Wildman–Crippen MR) is 76.5 cm³/mol. The zero-order valence-electron chi connectivity index (χ0n) is 11.8. The summed E-state index contributed by atoms with van der Waals surface area (Å²) in [5, 5.41) is 0. The van der Waals surface area contributed by atoms with Crippen LogP contribution in [0.4, 0.5) is 0 Å². The molecule has 1 aromatic carbocycles. The van der Waals surface area contributed by atoms with Crippen LogP contribution in [0.25, 0.3) is 0 Å². The van der Waals surface area contributed by atoms with Crippen LogP contribution >= 0.6 is 0 Å². The van der Waals surface area contributed by atoms with Gasteiger partial charge >= 0.3 is 0 Å². The van der Waals surface area contributed by atoms with E-state index in [1.807, 2.05) is 43.9 Å². The second kappa shape index (κ2) is 7.00. The van der Waals surface area contributed by atoms with Crippen LogP contribution in [0, 0.1) is 0 Å². The Morgan fingerprint density at radius 2 is 1.78 bits per heavy atom. The summed E-state index contributed by atoms with van der Waals surface area (Å²) >= 11 is 0. The molecule has 0 saturated heterocycles. The summed E-state index contributed by atoms with van der Waals surface area (Å²) in [5.74, 6) is 0.411. The van der Waals surface area contributed by atoms with Gasteiger partial charge in [0.2, 0.25) is 5.91 Å². The molecule has 0 aromatic heterocycles. The fourth-order valence-corrected chi connectivity index (χ4v) is 2.06. The van der Waals surface area contributed by atoms with Crippen molar-refractivity contribution in [2.24, 2.45) is 0 Å². The Morgan fingerprint density at radius 1 is 1.22 bits per heavy atom. The van der Waals surface area contributed by atoms with Gasteiger partial charge in [-0.25, -0.2) is 0 Å². The number of nitrogens with zero attached hydrogens (tertiary/aromatic N) is 1. The molecule has 0 heterocycles. The van der Waals surface area contributed by atoms with Gasteiger partial charge in [-0.3, -0.25) is 4.79 Å². The molecule has 0 aliphatic heterocycles. The lowest BCUT2D eigenvalue weighted by molar-refractivity contribution is -0.126. The van der Waals surface area contributed by atoms with Crippen molar-refractivity contribution in [1.29, 1.82) is 0 Å². The van der Waals surface area contributed by atoms with Crippen LogP contribution in [-0.2, 0) is 4.79 Å². The highest BCUT2D eigenvalue weighted by Crippen LogP contribution is 2.18.